The van der Waals surface area contributed by atoms with E-state index in [0.717, 1.165) is 6.07 Å². The van der Waals surface area contributed by atoms with E-state index in [1.807, 2.05) is 0 Å². The maximum atomic E-state index is 15.1. The molecular weight excluding hydrogens is 364 g/mol. The summed E-state index contributed by atoms with van der Waals surface area (Å²) in [4.78, 5) is 13.3. The highest BCUT2D eigenvalue weighted by Gasteiger charge is 2.32. The summed E-state index contributed by atoms with van der Waals surface area (Å²) in [7, 11) is -4.03. The molecule has 1 fully saturated rings. The highest BCUT2D eigenvalue weighted by molar-refractivity contribution is 7.88. The average Bonchev–Trinajstić information content (AvgIpc) is 2.88. The van der Waals surface area contributed by atoms with E-state index in [9.17, 15) is 17.6 Å². The summed E-state index contributed by atoms with van der Waals surface area (Å²) in [6.45, 7) is 0.271. The van der Waals surface area contributed by atoms with Gasteiger partial charge in [0.1, 0.15) is 5.82 Å². The van der Waals surface area contributed by atoms with Gasteiger partial charge in [0.15, 0.2) is 5.82 Å². The number of amides is 1. The summed E-state index contributed by atoms with van der Waals surface area (Å²) in [5.41, 5.74) is 5.51. The smallest absolute Gasteiger partial charge is 0.244 e. The van der Waals surface area contributed by atoms with E-state index in [-0.39, 0.29) is 28.9 Å². The Kier molecular flexibility index (Phi) is 4.78. The molecule has 1 aliphatic rings. The fourth-order valence-electron chi connectivity index (χ4n) is 3.04. The molecule has 0 radical (unpaired) electrons. The lowest BCUT2D eigenvalue weighted by atomic mass is 9.98. The van der Waals surface area contributed by atoms with E-state index < -0.39 is 39.4 Å². The number of primary sulfonamides is 1. The number of carbonyl (C=O) groups excluding carboxylic acids is 1. The zero-order valence-electron chi connectivity index (χ0n) is 13.7. The van der Waals surface area contributed by atoms with Gasteiger partial charge in [-0.2, -0.15) is 0 Å². The van der Waals surface area contributed by atoms with Gasteiger partial charge in [-0.1, -0.05) is 24.3 Å². The zero-order chi connectivity index (χ0) is 19.1. The first kappa shape index (κ1) is 18.4. The van der Waals surface area contributed by atoms with Crippen LogP contribution >= 0.6 is 0 Å². The molecule has 3 rings (SSSR count). The van der Waals surface area contributed by atoms with Crippen molar-refractivity contribution in [2.45, 2.75) is 18.2 Å². The number of sulfonamides is 1. The van der Waals surface area contributed by atoms with E-state index >= 15 is 4.39 Å². The first-order chi connectivity index (χ1) is 12.2. The Morgan fingerprint density at radius 2 is 1.77 bits per heavy atom. The van der Waals surface area contributed by atoms with Gasteiger partial charge in [-0.15, -0.1) is 0 Å². The number of nitrogens with two attached hydrogens (primary N) is 2. The van der Waals surface area contributed by atoms with Gasteiger partial charge in [-0.3, -0.25) is 4.79 Å². The lowest BCUT2D eigenvalue weighted by Crippen LogP contribution is -2.34. The van der Waals surface area contributed by atoms with Crippen molar-refractivity contribution in [2.75, 3.05) is 11.4 Å². The van der Waals surface area contributed by atoms with E-state index in [0.29, 0.717) is 6.42 Å². The van der Waals surface area contributed by atoms with Crippen molar-refractivity contribution >= 4 is 21.6 Å². The average molecular weight is 381 g/mol. The fourth-order valence-corrected chi connectivity index (χ4v) is 3.73. The van der Waals surface area contributed by atoms with Crippen LogP contribution in [0.25, 0.3) is 11.1 Å². The quantitative estimate of drug-likeness (QED) is 0.837. The van der Waals surface area contributed by atoms with Gasteiger partial charge in [-0.25, -0.2) is 22.3 Å². The van der Waals surface area contributed by atoms with Crippen molar-refractivity contribution in [2.24, 2.45) is 10.9 Å². The Morgan fingerprint density at radius 3 is 2.38 bits per heavy atom. The Balaban J connectivity index is 2.13. The summed E-state index contributed by atoms with van der Waals surface area (Å²) < 4.78 is 52.2. The summed E-state index contributed by atoms with van der Waals surface area (Å²) in [6, 6.07) is 7.47. The van der Waals surface area contributed by atoms with Crippen molar-refractivity contribution in [3.63, 3.8) is 0 Å². The van der Waals surface area contributed by atoms with Gasteiger partial charge in [0, 0.05) is 17.7 Å². The van der Waals surface area contributed by atoms with Crippen LogP contribution in [0.2, 0.25) is 0 Å². The molecule has 0 bridgehead atoms. The second-order valence-corrected chi connectivity index (χ2v) is 7.71. The highest BCUT2D eigenvalue weighted by atomic mass is 32.2. The predicted octanol–water partition coefficient (Wildman–Crippen LogP) is 1.48. The first-order valence-electron chi connectivity index (χ1n) is 7.83. The number of anilines is 1. The van der Waals surface area contributed by atoms with Crippen LogP contribution in [0.3, 0.4) is 0 Å². The highest BCUT2D eigenvalue weighted by Crippen LogP contribution is 2.34. The molecule has 0 spiro atoms. The van der Waals surface area contributed by atoms with Gasteiger partial charge in [0.25, 0.3) is 0 Å². The molecule has 1 amide bonds. The fraction of sp³-hybridized carbons (Fsp3) is 0.235. The van der Waals surface area contributed by atoms with Gasteiger partial charge >= 0.3 is 0 Å². The maximum absolute atomic E-state index is 15.1. The Labute approximate surface area is 149 Å². The molecule has 26 heavy (non-hydrogen) atoms. The number of nitrogens with zero attached hydrogens (tertiary/aromatic N) is 1. The topological polar surface area (TPSA) is 106 Å². The predicted molar refractivity (Wildman–Crippen MR) is 93.6 cm³/mol. The molecule has 1 aliphatic heterocycles. The Hall–Kier alpha value is -2.36. The number of benzene rings is 2. The van der Waals surface area contributed by atoms with Crippen LogP contribution in [0.1, 0.15) is 12.0 Å². The van der Waals surface area contributed by atoms with Crippen LogP contribution in [-0.4, -0.2) is 26.9 Å². The number of carbonyl (C=O) groups is 1. The maximum Gasteiger partial charge on any atom is 0.244 e. The largest absolute Gasteiger partial charge is 0.320 e. The van der Waals surface area contributed by atoms with Crippen molar-refractivity contribution in [1.29, 1.82) is 0 Å². The molecule has 1 unspecified atom stereocenters. The first-order valence-corrected chi connectivity index (χ1v) is 9.54. The van der Waals surface area contributed by atoms with Crippen LogP contribution in [0.5, 0.6) is 0 Å². The summed E-state index contributed by atoms with van der Waals surface area (Å²) in [6.07, 6.45) is 0.402. The summed E-state index contributed by atoms with van der Waals surface area (Å²) in [5, 5.41) is 5.03. The molecule has 9 heteroatoms. The van der Waals surface area contributed by atoms with Crippen molar-refractivity contribution in [3.05, 3.63) is 53.6 Å². The lowest BCUT2D eigenvalue weighted by molar-refractivity contribution is -0.118. The second-order valence-electron chi connectivity index (χ2n) is 6.10. The standard InChI is InChI=1S/C17H17F2N3O3S/c18-13-5-1-3-10(12(13)9-26(21,24)25)11-4-2-6-15(16(11)19)22-8-7-14(20)17(22)23/h1-6,14H,7-9,20H2,(H2,21,24,25). The second kappa shape index (κ2) is 6.75. The molecule has 4 N–H and O–H groups in total. The molecule has 0 aliphatic carbocycles. The minimum atomic E-state index is -4.03. The van der Waals surface area contributed by atoms with Gasteiger partial charge in [-0.05, 0) is 24.1 Å². The lowest BCUT2D eigenvalue weighted by Gasteiger charge is -2.19. The Bertz CT molecular complexity index is 979. The van der Waals surface area contributed by atoms with Crippen molar-refractivity contribution in [3.8, 4) is 11.1 Å². The van der Waals surface area contributed by atoms with E-state index in [1.54, 1.807) is 0 Å². The molecule has 0 saturated carbocycles. The minimum Gasteiger partial charge on any atom is -0.320 e. The monoisotopic (exact) mass is 381 g/mol. The van der Waals surface area contributed by atoms with Crippen molar-refractivity contribution < 1.29 is 22.0 Å². The van der Waals surface area contributed by atoms with Crippen LogP contribution < -0.4 is 15.8 Å². The molecule has 0 aromatic heterocycles. The van der Waals surface area contributed by atoms with Gasteiger partial charge < -0.3 is 10.6 Å². The third-order valence-electron chi connectivity index (χ3n) is 4.27. The number of rotatable bonds is 4. The van der Waals surface area contributed by atoms with Crippen molar-refractivity contribution in [1.82, 2.24) is 0 Å². The van der Waals surface area contributed by atoms with Crippen LogP contribution in [0, 0.1) is 11.6 Å². The number of halogens is 2. The van der Waals surface area contributed by atoms with E-state index in [1.165, 1.54) is 35.2 Å². The van der Waals surface area contributed by atoms with E-state index in [2.05, 4.69) is 0 Å². The normalized spacial score (nSPS) is 17.8. The van der Waals surface area contributed by atoms with Crippen LogP contribution in [0.15, 0.2) is 36.4 Å². The minimum absolute atomic E-state index is 0.0195. The number of hydrogen-bond donors (Lipinski definition) is 2. The molecule has 2 aromatic carbocycles. The van der Waals surface area contributed by atoms with Crippen LogP contribution in [-0.2, 0) is 20.6 Å². The third-order valence-corrected chi connectivity index (χ3v) is 4.96. The molecule has 1 heterocycles. The van der Waals surface area contributed by atoms with Gasteiger partial charge in [0.05, 0.1) is 17.5 Å². The Morgan fingerprint density at radius 1 is 1.12 bits per heavy atom. The van der Waals surface area contributed by atoms with E-state index in [4.69, 9.17) is 10.9 Å². The summed E-state index contributed by atoms with van der Waals surface area (Å²) in [5.74, 6) is -2.73. The third kappa shape index (κ3) is 3.46. The molecule has 6 nitrogen and oxygen atoms in total. The van der Waals surface area contributed by atoms with Crippen LogP contribution in [0.4, 0.5) is 14.5 Å². The number of hydrogen-bond acceptors (Lipinski definition) is 4. The SMILES string of the molecule is NC1CCN(c2cccc(-c3cccc(F)c3CS(N)(=O)=O)c2F)C1=O. The van der Waals surface area contributed by atoms with Gasteiger partial charge in [0.2, 0.25) is 15.9 Å². The summed E-state index contributed by atoms with van der Waals surface area (Å²) >= 11 is 0. The molecular formula is C17H17F2N3O3S. The molecule has 2 aromatic rings. The molecule has 138 valence electrons. The molecule has 1 atom stereocenters. The molecule has 1 saturated heterocycles. The zero-order valence-corrected chi connectivity index (χ0v) is 14.5.